The summed E-state index contributed by atoms with van der Waals surface area (Å²) in [6, 6.07) is 10.1. The van der Waals surface area contributed by atoms with Gasteiger partial charge in [-0.25, -0.2) is 13.1 Å². The van der Waals surface area contributed by atoms with Gasteiger partial charge in [0.2, 0.25) is 15.9 Å². The number of carbonyl (C=O) groups is 1. The molecule has 7 nitrogen and oxygen atoms in total. The summed E-state index contributed by atoms with van der Waals surface area (Å²) >= 11 is 0. The van der Waals surface area contributed by atoms with Crippen LogP contribution in [0.5, 0.6) is 0 Å². The number of benzene rings is 1. The molecule has 0 fully saturated rings. The number of hydrogen-bond acceptors (Lipinski definition) is 5. The van der Waals surface area contributed by atoms with Gasteiger partial charge >= 0.3 is 0 Å². The Morgan fingerprint density at radius 3 is 2.50 bits per heavy atom. The third-order valence-corrected chi connectivity index (χ3v) is 5.85. The minimum absolute atomic E-state index is 0.0203. The zero-order chi connectivity index (χ0) is 19.2. The number of amides is 1. The second kappa shape index (κ2) is 8.95. The predicted molar refractivity (Wildman–Crippen MR) is 98.3 cm³/mol. The van der Waals surface area contributed by atoms with E-state index >= 15 is 0 Å². The Morgan fingerprint density at radius 2 is 1.88 bits per heavy atom. The van der Waals surface area contributed by atoms with Crippen LogP contribution in [-0.4, -0.2) is 32.6 Å². The standard InChI is InChI=1S/C18H25N3O4S/c1-13(16-7-5-4-6-8-16)9-11-19-17(22)10-12-20-26(23,24)18-14(2)21-25-15(18)3/h4-8,13,20H,9-12H2,1-3H3,(H,19,22). The van der Waals surface area contributed by atoms with Crippen molar-refractivity contribution in [2.45, 2.75) is 44.4 Å². The summed E-state index contributed by atoms with van der Waals surface area (Å²) in [7, 11) is -3.73. The SMILES string of the molecule is Cc1noc(C)c1S(=O)(=O)NCCC(=O)NCCC(C)c1ccccc1. The fraction of sp³-hybridized carbons (Fsp3) is 0.444. The maximum Gasteiger partial charge on any atom is 0.245 e. The van der Waals surface area contributed by atoms with Crippen molar-refractivity contribution >= 4 is 15.9 Å². The van der Waals surface area contributed by atoms with Gasteiger partial charge in [-0.1, -0.05) is 42.4 Å². The smallest absolute Gasteiger partial charge is 0.245 e. The average Bonchev–Trinajstić information content (AvgIpc) is 2.94. The molecule has 2 rings (SSSR count). The quantitative estimate of drug-likeness (QED) is 0.696. The fourth-order valence-corrected chi connectivity index (χ4v) is 4.05. The highest BCUT2D eigenvalue weighted by atomic mass is 32.2. The molecule has 1 unspecified atom stereocenters. The molecule has 1 aromatic carbocycles. The van der Waals surface area contributed by atoms with Gasteiger partial charge in [-0.05, 0) is 31.7 Å². The molecule has 142 valence electrons. The monoisotopic (exact) mass is 379 g/mol. The van der Waals surface area contributed by atoms with Crippen LogP contribution in [0.15, 0.2) is 39.8 Å². The summed E-state index contributed by atoms with van der Waals surface area (Å²) < 4.78 is 31.8. The van der Waals surface area contributed by atoms with Crippen molar-refractivity contribution < 1.29 is 17.7 Å². The minimum Gasteiger partial charge on any atom is -0.360 e. The van der Waals surface area contributed by atoms with Crippen molar-refractivity contribution in [3.63, 3.8) is 0 Å². The first kappa shape index (κ1) is 20.1. The third-order valence-electron chi connectivity index (χ3n) is 4.15. The number of sulfonamides is 1. The zero-order valence-electron chi connectivity index (χ0n) is 15.3. The van der Waals surface area contributed by atoms with Crippen molar-refractivity contribution in [1.82, 2.24) is 15.2 Å². The van der Waals surface area contributed by atoms with E-state index in [4.69, 9.17) is 4.52 Å². The fourth-order valence-electron chi connectivity index (χ4n) is 2.69. The van der Waals surface area contributed by atoms with Gasteiger partial charge in [-0.15, -0.1) is 0 Å². The first-order chi connectivity index (χ1) is 12.3. The molecule has 0 saturated carbocycles. The molecular weight excluding hydrogens is 354 g/mol. The second-order valence-corrected chi connectivity index (χ2v) is 7.96. The lowest BCUT2D eigenvalue weighted by molar-refractivity contribution is -0.120. The van der Waals surface area contributed by atoms with Gasteiger partial charge in [0, 0.05) is 19.5 Å². The Bertz CT molecular complexity index is 812. The van der Waals surface area contributed by atoms with E-state index in [0.717, 1.165) is 6.42 Å². The van der Waals surface area contributed by atoms with Gasteiger partial charge in [-0.3, -0.25) is 4.79 Å². The van der Waals surface area contributed by atoms with Crippen LogP contribution in [0.2, 0.25) is 0 Å². The van der Waals surface area contributed by atoms with Crippen molar-refractivity contribution in [3.8, 4) is 0 Å². The molecule has 2 aromatic rings. The Balaban J connectivity index is 1.72. The first-order valence-electron chi connectivity index (χ1n) is 8.55. The van der Waals surface area contributed by atoms with E-state index in [0.29, 0.717) is 18.2 Å². The molecule has 0 radical (unpaired) electrons. The maximum absolute atomic E-state index is 12.2. The van der Waals surface area contributed by atoms with E-state index in [1.807, 2.05) is 18.2 Å². The van der Waals surface area contributed by atoms with Crippen LogP contribution in [0.3, 0.4) is 0 Å². The summed E-state index contributed by atoms with van der Waals surface area (Å²) in [5.74, 6) is 0.385. The van der Waals surface area contributed by atoms with Crippen molar-refractivity contribution in [3.05, 3.63) is 47.3 Å². The number of aromatic nitrogens is 1. The van der Waals surface area contributed by atoms with Gasteiger partial charge in [0.05, 0.1) is 0 Å². The molecule has 1 amide bonds. The number of nitrogens with one attached hydrogen (secondary N) is 2. The van der Waals surface area contributed by atoms with E-state index in [9.17, 15) is 13.2 Å². The Kier molecular flexibility index (Phi) is 6.93. The van der Waals surface area contributed by atoms with E-state index in [1.54, 1.807) is 6.92 Å². The van der Waals surface area contributed by atoms with Crippen LogP contribution in [-0.2, 0) is 14.8 Å². The molecule has 1 aromatic heterocycles. The van der Waals surface area contributed by atoms with Crippen molar-refractivity contribution in [1.29, 1.82) is 0 Å². The first-order valence-corrected chi connectivity index (χ1v) is 10.0. The van der Waals surface area contributed by atoms with Gasteiger partial charge in [0.1, 0.15) is 10.6 Å². The lowest BCUT2D eigenvalue weighted by Crippen LogP contribution is -2.31. The van der Waals surface area contributed by atoms with Crippen LogP contribution in [0.25, 0.3) is 0 Å². The third kappa shape index (κ3) is 5.40. The molecule has 26 heavy (non-hydrogen) atoms. The normalized spacial score (nSPS) is 12.7. The summed E-state index contributed by atoms with van der Waals surface area (Å²) in [4.78, 5) is 11.9. The Labute approximate surface area is 154 Å². The van der Waals surface area contributed by atoms with Crippen LogP contribution < -0.4 is 10.0 Å². The molecule has 1 atom stereocenters. The maximum atomic E-state index is 12.2. The molecule has 8 heteroatoms. The molecule has 0 aliphatic rings. The highest BCUT2D eigenvalue weighted by molar-refractivity contribution is 7.89. The zero-order valence-corrected chi connectivity index (χ0v) is 16.1. The van der Waals surface area contributed by atoms with Crippen LogP contribution in [0.1, 0.15) is 42.7 Å². The van der Waals surface area contributed by atoms with Crippen molar-refractivity contribution in [2.24, 2.45) is 0 Å². The summed E-state index contributed by atoms with van der Waals surface area (Å²) in [5, 5.41) is 6.46. The van der Waals surface area contributed by atoms with E-state index in [-0.39, 0.29) is 29.5 Å². The number of aryl methyl sites for hydroxylation is 2. The van der Waals surface area contributed by atoms with Gasteiger partial charge in [0.15, 0.2) is 5.76 Å². The molecule has 0 aliphatic heterocycles. The van der Waals surface area contributed by atoms with Gasteiger partial charge < -0.3 is 9.84 Å². The molecule has 0 spiro atoms. The van der Waals surface area contributed by atoms with Crippen LogP contribution in [0, 0.1) is 13.8 Å². The summed E-state index contributed by atoms with van der Waals surface area (Å²) in [6.07, 6.45) is 0.892. The summed E-state index contributed by atoms with van der Waals surface area (Å²) in [5.41, 5.74) is 1.53. The van der Waals surface area contributed by atoms with E-state index in [1.165, 1.54) is 12.5 Å². The second-order valence-electron chi connectivity index (χ2n) is 6.25. The molecular formula is C18H25N3O4S. The molecule has 2 N–H and O–H groups in total. The predicted octanol–water partition coefficient (Wildman–Crippen LogP) is 2.27. The van der Waals surface area contributed by atoms with Crippen LogP contribution in [0.4, 0.5) is 0 Å². The average molecular weight is 379 g/mol. The largest absolute Gasteiger partial charge is 0.360 e. The highest BCUT2D eigenvalue weighted by Gasteiger charge is 2.23. The summed E-state index contributed by atoms with van der Waals surface area (Å²) in [6.45, 7) is 5.78. The Morgan fingerprint density at radius 1 is 1.19 bits per heavy atom. The minimum atomic E-state index is -3.73. The van der Waals surface area contributed by atoms with Crippen LogP contribution >= 0.6 is 0 Å². The van der Waals surface area contributed by atoms with Gasteiger partial charge in [-0.2, -0.15) is 0 Å². The lowest BCUT2D eigenvalue weighted by atomic mass is 9.98. The Hall–Kier alpha value is -2.19. The number of nitrogens with zero attached hydrogens (tertiary/aromatic N) is 1. The highest BCUT2D eigenvalue weighted by Crippen LogP contribution is 2.18. The molecule has 0 saturated heterocycles. The molecule has 1 heterocycles. The molecule has 0 bridgehead atoms. The van der Waals surface area contributed by atoms with Gasteiger partial charge in [0.25, 0.3) is 0 Å². The van der Waals surface area contributed by atoms with E-state index < -0.39 is 10.0 Å². The molecule has 0 aliphatic carbocycles. The number of rotatable bonds is 9. The topological polar surface area (TPSA) is 101 Å². The number of hydrogen-bond donors (Lipinski definition) is 2. The van der Waals surface area contributed by atoms with Crippen molar-refractivity contribution in [2.75, 3.05) is 13.1 Å². The lowest BCUT2D eigenvalue weighted by Gasteiger charge is -2.12. The number of carbonyl (C=O) groups excluding carboxylic acids is 1. The van der Waals surface area contributed by atoms with E-state index in [2.05, 4.69) is 34.3 Å².